The average Bonchev–Trinajstić information content (AvgIpc) is 3.52. The largest absolute Gasteiger partial charge is 0.497 e. The van der Waals surface area contributed by atoms with Crippen molar-refractivity contribution in [1.82, 2.24) is 14.5 Å². The molecular weight excluding hydrogens is 450 g/mol. The van der Waals surface area contributed by atoms with E-state index in [0.29, 0.717) is 28.5 Å². The summed E-state index contributed by atoms with van der Waals surface area (Å²) in [5.74, 6) is 3.10. The van der Waals surface area contributed by atoms with Crippen LogP contribution in [0.1, 0.15) is 43.2 Å². The number of nitrogens with zero attached hydrogens (tertiary/aromatic N) is 3. The second-order valence-corrected chi connectivity index (χ2v) is 9.34. The Morgan fingerprint density at radius 2 is 1.88 bits per heavy atom. The Labute approximate surface area is 202 Å². The number of oxazole rings is 1. The zero-order valence-corrected chi connectivity index (χ0v) is 20.4. The van der Waals surface area contributed by atoms with Crippen molar-refractivity contribution < 1.29 is 13.9 Å². The van der Waals surface area contributed by atoms with E-state index in [-0.39, 0.29) is 11.6 Å². The van der Waals surface area contributed by atoms with Gasteiger partial charge in [0.2, 0.25) is 5.89 Å². The molecule has 0 aliphatic heterocycles. The monoisotopic (exact) mass is 477 g/mol. The summed E-state index contributed by atoms with van der Waals surface area (Å²) in [5, 5.41) is 1.41. The molecule has 2 heterocycles. The van der Waals surface area contributed by atoms with Gasteiger partial charge in [0.15, 0.2) is 5.16 Å². The summed E-state index contributed by atoms with van der Waals surface area (Å²) in [7, 11) is 3.23. The van der Waals surface area contributed by atoms with Crippen molar-refractivity contribution in [3.63, 3.8) is 0 Å². The van der Waals surface area contributed by atoms with Crippen LogP contribution in [0.4, 0.5) is 0 Å². The molecule has 0 spiro atoms. The van der Waals surface area contributed by atoms with Gasteiger partial charge in [-0.2, -0.15) is 0 Å². The third kappa shape index (κ3) is 4.18. The predicted octanol–water partition coefficient (Wildman–Crippen LogP) is 5.78. The van der Waals surface area contributed by atoms with Crippen molar-refractivity contribution in [2.24, 2.45) is 0 Å². The molecule has 0 radical (unpaired) electrons. The van der Waals surface area contributed by atoms with Crippen LogP contribution >= 0.6 is 11.8 Å². The van der Waals surface area contributed by atoms with Gasteiger partial charge in [-0.05, 0) is 44.0 Å². The summed E-state index contributed by atoms with van der Waals surface area (Å²) in [6.07, 6.45) is 4.31. The van der Waals surface area contributed by atoms with E-state index in [1.54, 1.807) is 14.2 Å². The van der Waals surface area contributed by atoms with Crippen LogP contribution in [0, 0.1) is 6.92 Å². The van der Waals surface area contributed by atoms with E-state index < -0.39 is 0 Å². The molecule has 8 heteroatoms. The van der Waals surface area contributed by atoms with E-state index in [1.807, 2.05) is 54.0 Å². The second-order valence-electron chi connectivity index (χ2n) is 8.40. The molecule has 0 unspecified atom stereocenters. The molecule has 7 nitrogen and oxygen atoms in total. The Morgan fingerprint density at radius 1 is 1.09 bits per heavy atom. The first-order valence-electron chi connectivity index (χ1n) is 11.4. The molecule has 5 rings (SSSR count). The molecule has 0 saturated heterocycles. The maximum atomic E-state index is 13.4. The minimum atomic E-state index is 0.0422. The number of aryl methyl sites for hydroxylation is 1. The van der Waals surface area contributed by atoms with Crippen LogP contribution in [-0.2, 0) is 5.75 Å². The van der Waals surface area contributed by atoms with Crippen LogP contribution in [0.5, 0.6) is 11.5 Å². The lowest BCUT2D eigenvalue weighted by molar-refractivity contribution is 0.394. The van der Waals surface area contributed by atoms with Gasteiger partial charge in [0.25, 0.3) is 5.56 Å². The molecule has 2 aromatic carbocycles. The average molecular weight is 478 g/mol. The fourth-order valence-electron chi connectivity index (χ4n) is 4.50. The maximum absolute atomic E-state index is 13.4. The fourth-order valence-corrected chi connectivity index (χ4v) is 5.56. The molecule has 0 atom stereocenters. The van der Waals surface area contributed by atoms with Crippen LogP contribution in [0.15, 0.2) is 56.8 Å². The molecule has 0 amide bonds. The molecule has 2 aromatic heterocycles. The summed E-state index contributed by atoms with van der Waals surface area (Å²) >= 11 is 1.53. The molecule has 1 fully saturated rings. The lowest BCUT2D eigenvalue weighted by atomic mass is 10.2. The molecule has 1 saturated carbocycles. The molecular formula is C26H27N3O4S. The number of thioether (sulfide) groups is 1. The molecule has 0 bridgehead atoms. The molecule has 34 heavy (non-hydrogen) atoms. The van der Waals surface area contributed by atoms with Gasteiger partial charge in [-0.25, -0.2) is 9.97 Å². The van der Waals surface area contributed by atoms with E-state index in [9.17, 15) is 4.79 Å². The summed E-state index contributed by atoms with van der Waals surface area (Å²) in [6, 6.07) is 13.3. The first-order valence-corrected chi connectivity index (χ1v) is 12.4. The van der Waals surface area contributed by atoms with Gasteiger partial charge in [0.05, 0.1) is 36.4 Å². The highest BCUT2D eigenvalue weighted by molar-refractivity contribution is 7.98. The van der Waals surface area contributed by atoms with Gasteiger partial charge in [-0.15, -0.1) is 0 Å². The summed E-state index contributed by atoms with van der Waals surface area (Å²) < 4.78 is 18.7. The number of rotatable bonds is 7. The lowest BCUT2D eigenvalue weighted by Gasteiger charge is -2.18. The second kappa shape index (κ2) is 9.54. The molecule has 4 aromatic rings. The van der Waals surface area contributed by atoms with Crippen molar-refractivity contribution >= 4 is 22.7 Å². The van der Waals surface area contributed by atoms with E-state index in [1.165, 1.54) is 11.8 Å². The van der Waals surface area contributed by atoms with Gasteiger partial charge < -0.3 is 13.9 Å². The number of para-hydroxylation sites is 1. The quantitative estimate of drug-likeness (QED) is 0.246. The minimum Gasteiger partial charge on any atom is -0.497 e. The van der Waals surface area contributed by atoms with Crippen molar-refractivity contribution in [2.75, 3.05) is 14.2 Å². The number of benzene rings is 2. The third-order valence-corrected chi connectivity index (χ3v) is 7.30. The van der Waals surface area contributed by atoms with E-state index in [4.69, 9.17) is 23.9 Å². The minimum absolute atomic E-state index is 0.0422. The Kier molecular flexibility index (Phi) is 6.32. The van der Waals surface area contributed by atoms with Crippen LogP contribution in [0.2, 0.25) is 0 Å². The van der Waals surface area contributed by atoms with Crippen LogP contribution in [-0.4, -0.2) is 28.8 Å². The normalized spacial score (nSPS) is 14.1. The lowest BCUT2D eigenvalue weighted by Crippen LogP contribution is -2.26. The highest BCUT2D eigenvalue weighted by Gasteiger charge is 2.24. The van der Waals surface area contributed by atoms with Crippen molar-refractivity contribution in [3.8, 4) is 23.0 Å². The summed E-state index contributed by atoms with van der Waals surface area (Å²) in [5.41, 5.74) is 2.35. The zero-order chi connectivity index (χ0) is 23.7. The van der Waals surface area contributed by atoms with E-state index >= 15 is 0 Å². The Balaban J connectivity index is 1.47. The number of aromatic nitrogens is 3. The molecule has 1 aliphatic carbocycles. The highest BCUT2D eigenvalue weighted by atomic mass is 32.2. The number of hydrogen-bond acceptors (Lipinski definition) is 7. The smallest absolute Gasteiger partial charge is 0.262 e. The fraction of sp³-hybridized carbons (Fsp3) is 0.346. The Morgan fingerprint density at radius 3 is 2.65 bits per heavy atom. The van der Waals surface area contributed by atoms with Crippen molar-refractivity contribution in [1.29, 1.82) is 0 Å². The third-order valence-electron chi connectivity index (χ3n) is 6.34. The van der Waals surface area contributed by atoms with Crippen LogP contribution in [0.25, 0.3) is 22.4 Å². The molecule has 1 aliphatic rings. The first-order chi connectivity index (χ1) is 16.6. The van der Waals surface area contributed by atoms with Gasteiger partial charge in [0.1, 0.15) is 17.3 Å². The summed E-state index contributed by atoms with van der Waals surface area (Å²) in [4.78, 5) is 23.0. The van der Waals surface area contributed by atoms with Gasteiger partial charge in [-0.1, -0.05) is 36.7 Å². The van der Waals surface area contributed by atoms with Crippen LogP contribution < -0.4 is 15.0 Å². The van der Waals surface area contributed by atoms with E-state index in [0.717, 1.165) is 53.4 Å². The SMILES string of the molecule is COc1ccc(-c2nc(CSc3nc4ccccc4c(=O)n3C3CCCC3)c(C)o2)c(OC)c1. The first kappa shape index (κ1) is 22.5. The van der Waals surface area contributed by atoms with Crippen molar-refractivity contribution in [2.45, 2.75) is 49.6 Å². The predicted molar refractivity (Wildman–Crippen MR) is 133 cm³/mol. The zero-order valence-electron chi connectivity index (χ0n) is 19.5. The summed E-state index contributed by atoms with van der Waals surface area (Å²) in [6.45, 7) is 1.90. The number of hydrogen-bond donors (Lipinski definition) is 0. The number of ether oxygens (including phenoxy) is 2. The van der Waals surface area contributed by atoms with E-state index in [2.05, 4.69) is 0 Å². The standard InChI is InChI=1S/C26H27N3O4S/c1-16-22(27-24(33-16)20-13-12-18(31-2)14-23(20)32-3)15-34-26-28-21-11-7-6-10-19(21)25(30)29(26)17-8-4-5-9-17/h6-7,10-14,17H,4-5,8-9,15H2,1-3H3. The number of methoxy groups -OCH3 is 2. The van der Waals surface area contributed by atoms with Gasteiger partial charge in [0, 0.05) is 17.9 Å². The molecule has 176 valence electrons. The molecule has 0 N–H and O–H groups in total. The topological polar surface area (TPSA) is 79.4 Å². The Hall–Kier alpha value is -3.26. The maximum Gasteiger partial charge on any atom is 0.262 e. The Bertz CT molecular complexity index is 1390. The van der Waals surface area contributed by atoms with Gasteiger partial charge >= 0.3 is 0 Å². The highest BCUT2D eigenvalue weighted by Crippen LogP contribution is 2.36. The van der Waals surface area contributed by atoms with Gasteiger partial charge in [-0.3, -0.25) is 9.36 Å². The number of fused-ring (bicyclic) bond motifs is 1. The van der Waals surface area contributed by atoms with Crippen LogP contribution in [0.3, 0.4) is 0 Å². The van der Waals surface area contributed by atoms with Crippen molar-refractivity contribution in [3.05, 3.63) is 64.3 Å².